The van der Waals surface area contributed by atoms with Crippen molar-refractivity contribution >= 4 is 22.3 Å². The smallest absolute Gasteiger partial charge is 0.200 e. The van der Waals surface area contributed by atoms with Gasteiger partial charge in [-0.15, -0.1) is 0 Å². The van der Waals surface area contributed by atoms with Crippen LogP contribution in [0.1, 0.15) is 25.0 Å². The quantitative estimate of drug-likeness (QED) is 0.650. The molecule has 0 spiro atoms. The third-order valence-electron chi connectivity index (χ3n) is 3.28. The summed E-state index contributed by atoms with van der Waals surface area (Å²) >= 11 is 0. The molecule has 0 aliphatic heterocycles. The van der Waals surface area contributed by atoms with Crippen molar-refractivity contribution in [2.45, 2.75) is 25.2 Å². The fourth-order valence-electron chi connectivity index (χ4n) is 2.00. The van der Waals surface area contributed by atoms with Gasteiger partial charge in [0.25, 0.3) is 10.0 Å². The van der Waals surface area contributed by atoms with E-state index >= 15 is 0 Å². The van der Waals surface area contributed by atoms with Gasteiger partial charge in [0.05, 0.1) is 11.1 Å². The maximum atomic E-state index is 12.1. The Bertz CT molecular complexity index is 793. The van der Waals surface area contributed by atoms with Crippen LogP contribution in [-0.2, 0) is 16.4 Å². The third kappa shape index (κ3) is 5.07. The van der Waals surface area contributed by atoms with Crippen LogP contribution in [0, 0.1) is 0 Å². The molecule has 120 valence electrons. The number of hydrogen-bond donors (Lipinski definition) is 1. The second kappa shape index (κ2) is 7.74. The molecular weight excluding hydrogens is 308 g/mol. The number of allylic oxidation sites excluding steroid dienone is 1. The lowest BCUT2D eigenvalue weighted by Crippen LogP contribution is -2.18. The first-order valence-electron chi connectivity index (χ1n) is 7.38. The van der Waals surface area contributed by atoms with Crippen molar-refractivity contribution in [1.29, 1.82) is 0 Å². The van der Waals surface area contributed by atoms with Gasteiger partial charge in [0, 0.05) is 0 Å². The van der Waals surface area contributed by atoms with Crippen LogP contribution >= 0.6 is 0 Å². The van der Waals surface area contributed by atoms with Crippen LogP contribution in [0.5, 0.6) is 0 Å². The van der Waals surface area contributed by atoms with Crippen molar-refractivity contribution in [2.24, 2.45) is 5.10 Å². The van der Waals surface area contributed by atoms with E-state index in [-0.39, 0.29) is 4.90 Å². The lowest BCUT2D eigenvalue weighted by Gasteiger charge is -2.04. The SMILES string of the molecule is CCc1ccc(S(=O)(=O)NN=CC(C)=Cc2ccccc2)cc1. The minimum absolute atomic E-state index is 0.205. The van der Waals surface area contributed by atoms with Gasteiger partial charge in [0.15, 0.2) is 0 Å². The van der Waals surface area contributed by atoms with Gasteiger partial charge in [-0.1, -0.05) is 55.5 Å². The highest BCUT2D eigenvalue weighted by molar-refractivity contribution is 7.89. The highest BCUT2D eigenvalue weighted by atomic mass is 32.2. The minimum Gasteiger partial charge on any atom is -0.200 e. The maximum absolute atomic E-state index is 12.1. The van der Waals surface area contributed by atoms with E-state index in [9.17, 15) is 8.42 Å². The van der Waals surface area contributed by atoms with E-state index in [1.165, 1.54) is 6.21 Å². The molecule has 0 amide bonds. The summed E-state index contributed by atoms with van der Waals surface area (Å²) in [5.41, 5.74) is 2.98. The van der Waals surface area contributed by atoms with Crippen LogP contribution in [0.2, 0.25) is 0 Å². The molecule has 2 rings (SSSR count). The number of benzene rings is 2. The van der Waals surface area contributed by atoms with Crippen molar-refractivity contribution in [1.82, 2.24) is 4.83 Å². The Morgan fingerprint density at radius 3 is 2.35 bits per heavy atom. The van der Waals surface area contributed by atoms with E-state index in [1.54, 1.807) is 24.3 Å². The van der Waals surface area contributed by atoms with E-state index in [0.717, 1.165) is 23.1 Å². The second-order valence-corrected chi connectivity index (χ2v) is 6.81. The van der Waals surface area contributed by atoms with Crippen LogP contribution in [0.25, 0.3) is 6.08 Å². The Hall–Kier alpha value is -2.40. The number of hydrazone groups is 1. The van der Waals surface area contributed by atoms with Crippen LogP contribution in [0.3, 0.4) is 0 Å². The van der Waals surface area contributed by atoms with E-state index in [0.29, 0.717) is 0 Å². The Morgan fingerprint density at radius 2 is 1.74 bits per heavy atom. The monoisotopic (exact) mass is 328 g/mol. The normalized spacial score (nSPS) is 12.5. The number of nitrogens with zero attached hydrogens (tertiary/aromatic N) is 1. The summed E-state index contributed by atoms with van der Waals surface area (Å²) in [6, 6.07) is 16.6. The molecule has 2 aromatic rings. The van der Waals surface area contributed by atoms with Gasteiger partial charge < -0.3 is 0 Å². The van der Waals surface area contributed by atoms with Crippen molar-refractivity contribution in [3.63, 3.8) is 0 Å². The van der Waals surface area contributed by atoms with Gasteiger partial charge in [-0.05, 0) is 42.2 Å². The average molecular weight is 328 g/mol. The highest BCUT2D eigenvalue weighted by Gasteiger charge is 2.11. The molecule has 2 aromatic carbocycles. The first-order valence-corrected chi connectivity index (χ1v) is 8.87. The summed E-state index contributed by atoms with van der Waals surface area (Å²) in [4.78, 5) is 2.44. The van der Waals surface area contributed by atoms with Gasteiger partial charge in [0.1, 0.15) is 0 Å². The molecule has 0 bridgehead atoms. The van der Waals surface area contributed by atoms with Gasteiger partial charge in [-0.2, -0.15) is 13.5 Å². The lowest BCUT2D eigenvalue weighted by atomic mass is 10.1. The lowest BCUT2D eigenvalue weighted by molar-refractivity contribution is 0.584. The fourth-order valence-corrected chi connectivity index (χ4v) is 2.80. The zero-order valence-electron chi connectivity index (χ0n) is 13.2. The standard InChI is InChI=1S/C18H20N2O2S/c1-3-16-9-11-18(12-10-16)23(21,22)20-19-14-15(2)13-17-7-5-4-6-8-17/h4-14,20H,3H2,1-2H3. The van der Waals surface area contributed by atoms with Gasteiger partial charge in [-0.3, -0.25) is 0 Å². The van der Waals surface area contributed by atoms with E-state index in [1.807, 2.05) is 50.3 Å². The van der Waals surface area contributed by atoms with E-state index in [4.69, 9.17) is 0 Å². The number of aryl methyl sites for hydroxylation is 1. The molecule has 0 unspecified atom stereocenters. The summed E-state index contributed by atoms with van der Waals surface area (Å²) in [5, 5.41) is 3.83. The molecule has 0 heterocycles. The maximum Gasteiger partial charge on any atom is 0.276 e. The summed E-state index contributed by atoms with van der Waals surface area (Å²) < 4.78 is 24.3. The van der Waals surface area contributed by atoms with Crippen molar-refractivity contribution < 1.29 is 8.42 Å². The molecule has 23 heavy (non-hydrogen) atoms. The van der Waals surface area contributed by atoms with E-state index < -0.39 is 10.0 Å². The molecule has 0 radical (unpaired) electrons. The zero-order valence-corrected chi connectivity index (χ0v) is 14.0. The predicted molar refractivity (Wildman–Crippen MR) is 94.7 cm³/mol. The second-order valence-electron chi connectivity index (χ2n) is 5.15. The first-order chi connectivity index (χ1) is 11.0. The van der Waals surface area contributed by atoms with Crippen LogP contribution in [0.4, 0.5) is 0 Å². The number of hydrogen-bond acceptors (Lipinski definition) is 3. The molecule has 0 atom stereocenters. The minimum atomic E-state index is -3.63. The average Bonchev–Trinajstić information content (AvgIpc) is 2.55. The van der Waals surface area contributed by atoms with Crippen molar-refractivity contribution in [3.05, 3.63) is 71.3 Å². The Labute approximate surface area is 137 Å². The summed E-state index contributed by atoms with van der Waals surface area (Å²) in [5.74, 6) is 0. The molecule has 0 aliphatic rings. The molecule has 0 saturated heterocycles. The number of sulfonamides is 1. The number of nitrogens with one attached hydrogen (secondary N) is 1. The molecule has 5 heteroatoms. The highest BCUT2D eigenvalue weighted by Crippen LogP contribution is 2.11. The topological polar surface area (TPSA) is 58.5 Å². The predicted octanol–water partition coefficient (Wildman–Crippen LogP) is 3.62. The Morgan fingerprint density at radius 1 is 1.09 bits per heavy atom. The van der Waals surface area contributed by atoms with Crippen LogP contribution < -0.4 is 4.83 Å². The Balaban J connectivity index is 2.04. The van der Waals surface area contributed by atoms with Crippen molar-refractivity contribution in [3.8, 4) is 0 Å². The largest absolute Gasteiger partial charge is 0.276 e. The zero-order chi connectivity index (χ0) is 16.7. The third-order valence-corrected chi connectivity index (χ3v) is 4.52. The molecule has 0 saturated carbocycles. The molecule has 0 fully saturated rings. The first kappa shape index (κ1) is 17.0. The molecule has 0 aromatic heterocycles. The van der Waals surface area contributed by atoms with Crippen LogP contribution in [0.15, 0.2) is 70.2 Å². The Kier molecular flexibility index (Phi) is 5.71. The molecule has 4 nitrogen and oxygen atoms in total. The molecule has 0 aliphatic carbocycles. The number of rotatable bonds is 6. The summed E-state index contributed by atoms with van der Waals surface area (Å²) in [7, 11) is -3.63. The van der Waals surface area contributed by atoms with Crippen LogP contribution in [-0.4, -0.2) is 14.6 Å². The molecular formula is C18H20N2O2S. The van der Waals surface area contributed by atoms with E-state index in [2.05, 4.69) is 9.93 Å². The van der Waals surface area contributed by atoms with Gasteiger partial charge in [0.2, 0.25) is 0 Å². The van der Waals surface area contributed by atoms with Gasteiger partial charge in [-0.25, -0.2) is 4.83 Å². The summed E-state index contributed by atoms with van der Waals surface area (Å²) in [6.07, 6.45) is 4.29. The van der Waals surface area contributed by atoms with Crippen molar-refractivity contribution in [2.75, 3.05) is 0 Å². The molecule has 1 N–H and O–H groups in total. The summed E-state index contributed by atoms with van der Waals surface area (Å²) in [6.45, 7) is 3.88. The van der Waals surface area contributed by atoms with Gasteiger partial charge >= 0.3 is 0 Å². The fraction of sp³-hybridized carbons (Fsp3) is 0.167.